The van der Waals surface area contributed by atoms with E-state index in [2.05, 4.69) is 38.5 Å². The normalized spacial score (nSPS) is 21.6. The first-order valence-electron chi connectivity index (χ1n) is 11.1. The van der Waals surface area contributed by atoms with E-state index in [1.165, 1.54) is 37.9 Å². The number of nitrogens with one attached hydrogen (secondary N) is 1. The second-order valence-corrected chi connectivity index (χ2v) is 8.13. The van der Waals surface area contributed by atoms with E-state index < -0.39 is 0 Å². The molecule has 8 heteroatoms. The molecule has 2 N–H and O–H groups in total. The Bertz CT molecular complexity index is 906. The third-order valence-electron chi connectivity index (χ3n) is 5.67. The van der Waals surface area contributed by atoms with Gasteiger partial charge in [-0.05, 0) is 61.2 Å². The molecule has 8 nitrogen and oxygen atoms in total. The first kappa shape index (κ1) is 21.5. The van der Waals surface area contributed by atoms with Crippen LogP contribution in [0.2, 0.25) is 0 Å². The molecule has 0 amide bonds. The monoisotopic (exact) mass is 426 g/mol. The van der Waals surface area contributed by atoms with Crippen molar-refractivity contribution in [2.75, 3.05) is 39.9 Å². The van der Waals surface area contributed by atoms with Gasteiger partial charge in [0.2, 0.25) is 5.84 Å². The van der Waals surface area contributed by atoms with Crippen molar-refractivity contribution in [3.63, 3.8) is 0 Å². The molecule has 1 aromatic heterocycles. The Balaban J connectivity index is 1.24. The molecule has 1 atom stereocenters. The standard InChI is InChI=1S/C23H32N5O3/c1-28(22-10-6-14-31-22)23(25-21(18-29)26-28)24-11-7-15-30-20-9-5-8-19(16-20)17-27-12-3-2-4-13-27/h5-6,8-10,14,16,29H,2-4,7,11-13,15,17-18H2,1H3,(H,24,25,26)/q+1. The molecule has 0 saturated carbocycles. The van der Waals surface area contributed by atoms with Crippen molar-refractivity contribution in [1.82, 2.24) is 14.8 Å². The van der Waals surface area contributed by atoms with E-state index in [9.17, 15) is 5.11 Å². The fourth-order valence-electron chi connectivity index (χ4n) is 4.02. The number of rotatable bonds is 9. The van der Waals surface area contributed by atoms with Crippen LogP contribution in [0, 0.1) is 0 Å². The zero-order valence-corrected chi connectivity index (χ0v) is 18.2. The fraction of sp³-hybridized carbons (Fsp3) is 0.478. The molecule has 4 rings (SSSR count). The Morgan fingerprint density at radius 1 is 1.19 bits per heavy atom. The van der Waals surface area contributed by atoms with Crippen molar-refractivity contribution < 1.29 is 14.3 Å². The van der Waals surface area contributed by atoms with E-state index >= 15 is 0 Å². The highest BCUT2D eigenvalue weighted by atomic mass is 16.5. The number of nitrogens with zero attached hydrogens (tertiary/aromatic N) is 4. The van der Waals surface area contributed by atoms with Crippen LogP contribution in [0.25, 0.3) is 0 Å². The number of guanidine groups is 1. The Kier molecular flexibility index (Phi) is 7.01. The number of aliphatic hydroxyl groups excluding tert-OH is 1. The molecular weight excluding hydrogens is 394 g/mol. The maximum atomic E-state index is 9.45. The number of furan rings is 1. The van der Waals surface area contributed by atoms with Gasteiger partial charge in [0.15, 0.2) is 0 Å². The van der Waals surface area contributed by atoms with Crippen molar-refractivity contribution in [1.29, 1.82) is 0 Å². The van der Waals surface area contributed by atoms with Crippen LogP contribution in [0.5, 0.6) is 5.75 Å². The van der Waals surface area contributed by atoms with Crippen molar-refractivity contribution in [2.45, 2.75) is 32.2 Å². The molecule has 1 saturated heterocycles. The number of aliphatic imine (C=N–C) groups is 1. The summed E-state index contributed by atoms with van der Waals surface area (Å²) in [7, 11) is 1.87. The van der Waals surface area contributed by atoms with E-state index in [0.717, 1.165) is 18.7 Å². The molecule has 0 spiro atoms. The predicted octanol–water partition coefficient (Wildman–Crippen LogP) is 2.94. The topological polar surface area (TPSA) is 82.6 Å². The fourth-order valence-corrected chi connectivity index (χ4v) is 4.02. The number of ether oxygens (including phenoxy) is 1. The van der Waals surface area contributed by atoms with E-state index in [1.807, 2.05) is 25.2 Å². The Morgan fingerprint density at radius 2 is 2.06 bits per heavy atom. The highest BCUT2D eigenvalue weighted by Crippen LogP contribution is 2.26. The molecular formula is C23H32N5O3+. The molecule has 0 aliphatic carbocycles. The van der Waals surface area contributed by atoms with Crippen LogP contribution >= 0.6 is 0 Å². The number of amidine groups is 1. The van der Waals surface area contributed by atoms with Gasteiger partial charge in [0.05, 0.1) is 12.9 Å². The Labute approximate surface area is 183 Å². The van der Waals surface area contributed by atoms with Gasteiger partial charge in [0, 0.05) is 19.2 Å². The Hall–Kier alpha value is -2.68. The lowest BCUT2D eigenvalue weighted by Crippen LogP contribution is -2.51. The van der Waals surface area contributed by atoms with Crippen LogP contribution < -0.4 is 14.6 Å². The van der Waals surface area contributed by atoms with Crippen LogP contribution in [0.3, 0.4) is 0 Å². The summed E-state index contributed by atoms with van der Waals surface area (Å²) in [6.07, 6.45) is 6.37. The van der Waals surface area contributed by atoms with Gasteiger partial charge in [-0.25, -0.2) is 0 Å². The van der Waals surface area contributed by atoms with Gasteiger partial charge in [-0.2, -0.15) is 4.99 Å². The SMILES string of the molecule is C[N+]1(c2ccco2)N=C(CO)N=C1NCCCOc1cccc(CN2CCCCC2)c1. The van der Waals surface area contributed by atoms with Gasteiger partial charge in [0.25, 0.3) is 0 Å². The van der Waals surface area contributed by atoms with Gasteiger partial charge in [-0.3, -0.25) is 4.90 Å². The number of likely N-dealkylation sites (tertiary alicyclic amines) is 1. The smallest absolute Gasteiger partial charge is 0.339 e. The molecule has 31 heavy (non-hydrogen) atoms. The molecule has 0 bridgehead atoms. The van der Waals surface area contributed by atoms with Crippen LogP contribution in [-0.2, 0) is 6.54 Å². The molecule has 166 valence electrons. The lowest BCUT2D eigenvalue weighted by atomic mass is 10.1. The summed E-state index contributed by atoms with van der Waals surface area (Å²) in [5.74, 6) is 2.55. The zero-order valence-electron chi connectivity index (χ0n) is 18.2. The van der Waals surface area contributed by atoms with Crippen LogP contribution in [0.4, 0.5) is 5.88 Å². The highest BCUT2D eigenvalue weighted by molar-refractivity contribution is 6.05. The lowest BCUT2D eigenvalue weighted by Gasteiger charge is -2.26. The first-order valence-corrected chi connectivity index (χ1v) is 11.1. The summed E-state index contributed by atoms with van der Waals surface area (Å²) < 4.78 is 11.5. The summed E-state index contributed by atoms with van der Waals surface area (Å²) in [6.45, 7) is 4.45. The molecule has 1 fully saturated rings. The zero-order chi connectivity index (χ0) is 21.5. The first-order chi connectivity index (χ1) is 15.2. The van der Waals surface area contributed by atoms with E-state index in [4.69, 9.17) is 9.15 Å². The average molecular weight is 427 g/mol. The molecule has 2 aliphatic rings. The second-order valence-electron chi connectivity index (χ2n) is 8.13. The van der Waals surface area contributed by atoms with Gasteiger partial charge in [-0.15, -0.1) is 0 Å². The minimum atomic E-state index is -0.212. The van der Waals surface area contributed by atoms with E-state index in [0.29, 0.717) is 30.8 Å². The van der Waals surface area contributed by atoms with Crippen molar-refractivity contribution >= 4 is 17.7 Å². The third kappa shape index (κ3) is 5.33. The van der Waals surface area contributed by atoms with Gasteiger partial charge >= 0.3 is 11.8 Å². The summed E-state index contributed by atoms with van der Waals surface area (Å²) in [5, 5.41) is 17.2. The number of piperidine rings is 1. The number of benzene rings is 1. The molecule has 2 aromatic rings. The average Bonchev–Trinajstić information content (AvgIpc) is 3.44. The number of hydrogen-bond donors (Lipinski definition) is 2. The molecule has 1 aromatic carbocycles. The third-order valence-corrected chi connectivity index (χ3v) is 5.67. The van der Waals surface area contributed by atoms with Crippen LogP contribution in [0.15, 0.2) is 57.2 Å². The Morgan fingerprint density at radius 3 is 2.84 bits per heavy atom. The lowest BCUT2D eigenvalue weighted by molar-refractivity contribution is 0.220. The maximum Gasteiger partial charge on any atom is 0.339 e. The summed E-state index contributed by atoms with van der Waals surface area (Å²) in [6, 6.07) is 12.1. The van der Waals surface area contributed by atoms with Gasteiger partial charge in [-0.1, -0.05) is 23.1 Å². The molecule has 0 radical (unpaired) electrons. The van der Waals surface area contributed by atoms with Crippen molar-refractivity contribution in [3.05, 3.63) is 48.2 Å². The number of aliphatic hydroxyl groups is 1. The van der Waals surface area contributed by atoms with Gasteiger partial charge < -0.3 is 19.6 Å². The van der Waals surface area contributed by atoms with Gasteiger partial charge in [0.1, 0.15) is 19.4 Å². The predicted molar refractivity (Wildman–Crippen MR) is 122 cm³/mol. The number of hydrogen-bond acceptors (Lipinski definition) is 7. The van der Waals surface area contributed by atoms with Crippen LogP contribution in [-0.4, -0.2) is 61.7 Å². The molecule has 3 heterocycles. The van der Waals surface area contributed by atoms with E-state index in [1.54, 1.807) is 6.26 Å². The summed E-state index contributed by atoms with van der Waals surface area (Å²) >= 11 is 0. The molecule has 2 aliphatic heterocycles. The van der Waals surface area contributed by atoms with Crippen LogP contribution in [0.1, 0.15) is 31.2 Å². The quantitative estimate of drug-likeness (QED) is 0.476. The minimum Gasteiger partial charge on any atom is -0.494 e. The second kappa shape index (κ2) is 10.1. The largest absolute Gasteiger partial charge is 0.494 e. The van der Waals surface area contributed by atoms with Crippen molar-refractivity contribution in [3.8, 4) is 5.75 Å². The maximum absolute atomic E-state index is 9.45. The minimum absolute atomic E-state index is 0.0301. The van der Waals surface area contributed by atoms with E-state index in [-0.39, 0.29) is 11.2 Å². The number of quaternary nitrogens is 1. The molecule has 1 unspecified atom stereocenters. The summed E-state index contributed by atoms with van der Waals surface area (Å²) in [5.41, 5.74) is 1.30. The summed E-state index contributed by atoms with van der Waals surface area (Å²) in [4.78, 5) is 6.93. The highest BCUT2D eigenvalue weighted by Gasteiger charge is 2.41. The van der Waals surface area contributed by atoms with Crippen molar-refractivity contribution in [2.24, 2.45) is 10.1 Å².